The molecule has 7 heteroatoms. The molecule has 1 fully saturated rings. The fraction of sp³-hybridized carbons (Fsp3) is 0.304. The van der Waals surface area contributed by atoms with Gasteiger partial charge in [-0.2, -0.15) is 0 Å². The van der Waals surface area contributed by atoms with Crippen molar-refractivity contribution in [2.45, 2.75) is 12.5 Å². The van der Waals surface area contributed by atoms with Crippen molar-refractivity contribution in [3.05, 3.63) is 71.8 Å². The van der Waals surface area contributed by atoms with Gasteiger partial charge in [0.05, 0.1) is 0 Å². The van der Waals surface area contributed by atoms with E-state index in [9.17, 15) is 9.59 Å². The van der Waals surface area contributed by atoms with Crippen molar-refractivity contribution in [1.29, 1.82) is 0 Å². The van der Waals surface area contributed by atoms with Crippen LogP contribution in [0.2, 0.25) is 0 Å². The van der Waals surface area contributed by atoms with Crippen molar-refractivity contribution in [1.82, 2.24) is 9.80 Å². The third-order valence-corrected chi connectivity index (χ3v) is 5.23. The maximum absolute atomic E-state index is 9.55. The van der Waals surface area contributed by atoms with Crippen LogP contribution in [0, 0.1) is 0 Å². The molecule has 1 unspecified atom stereocenters. The molecule has 1 saturated heterocycles. The summed E-state index contributed by atoms with van der Waals surface area (Å²) in [6.07, 6.45) is 2.14. The summed E-state index contributed by atoms with van der Waals surface area (Å²) in [4.78, 5) is 24.1. The molecule has 158 valence electrons. The van der Waals surface area contributed by atoms with E-state index >= 15 is 0 Å². The first-order chi connectivity index (χ1) is 14.4. The first-order valence-corrected chi connectivity index (χ1v) is 9.85. The molecule has 0 aromatic heterocycles. The Labute approximate surface area is 175 Å². The number of benzene rings is 2. The second-order valence-corrected chi connectivity index (χ2v) is 7.32. The molecule has 2 N–H and O–H groups in total. The minimum atomic E-state index is -1.26. The highest BCUT2D eigenvalue weighted by Gasteiger charge is 2.29. The molecular weight excluding hydrogens is 384 g/mol. The molecule has 2 aromatic rings. The Balaban J connectivity index is 0.000000275. The van der Waals surface area contributed by atoms with Gasteiger partial charge in [-0.3, -0.25) is 4.90 Å². The Morgan fingerprint density at radius 1 is 0.900 bits per heavy atom. The van der Waals surface area contributed by atoms with E-state index in [0.717, 1.165) is 44.1 Å². The number of carboxylic acid groups (broad SMARTS) is 2. The summed E-state index contributed by atoms with van der Waals surface area (Å²) in [5.74, 6) is -0.497. The summed E-state index contributed by atoms with van der Waals surface area (Å²) in [6.45, 7) is 4.53. The Kier molecular flexibility index (Phi) is 7.21. The maximum Gasteiger partial charge on any atom is 0.328 e. The van der Waals surface area contributed by atoms with Gasteiger partial charge < -0.3 is 19.8 Å². The van der Waals surface area contributed by atoms with Gasteiger partial charge in [0.1, 0.15) is 11.5 Å². The van der Waals surface area contributed by atoms with E-state index in [-0.39, 0.29) is 0 Å². The second-order valence-electron chi connectivity index (χ2n) is 7.32. The quantitative estimate of drug-likeness (QED) is 0.752. The van der Waals surface area contributed by atoms with Crippen LogP contribution in [0.1, 0.15) is 17.2 Å². The predicted octanol–water partition coefficient (Wildman–Crippen LogP) is 3.04. The van der Waals surface area contributed by atoms with Crippen molar-refractivity contribution in [2.75, 3.05) is 33.2 Å². The van der Waals surface area contributed by atoms with Gasteiger partial charge in [-0.05, 0) is 31.2 Å². The molecule has 1 atom stereocenters. The number of hydrogen-bond acceptors (Lipinski definition) is 5. The standard InChI is InChI=1S/C19H22N2O.C4H4O4/c1-20-10-12-21(13-11-20)17-14-15-6-2-4-8-18(15)22-19-9-5-3-7-16(17)19;5-3(6)1-2-4(7)8/h2-9,17H,10-14H2,1H3;1-2H,(H,5,6)(H,7,8)/b;2-1+. The second kappa shape index (κ2) is 10.0. The highest BCUT2D eigenvalue weighted by atomic mass is 16.5. The average Bonchev–Trinajstić information content (AvgIpc) is 2.90. The van der Waals surface area contributed by atoms with E-state index in [0.29, 0.717) is 18.2 Å². The fourth-order valence-electron chi connectivity index (χ4n) is 3.66. The smallest absolute Gasteiger partial charge is 0.328 e. The number of fused-ring (bicyclic) bond motifs is 2. The Morgan fingerprint density at radius 3 is 2.10 bits per heavy atom. The van der Waals surface area contributed by atoms with Crippen LogP contribution in [0.4, 0.5) is 0 Å². The zero-order valence-corrected chi connectivity index (χ0v) is 16.9. The number of carboxylic acids is 2. The van der Waals surface area contributed by atoms with Crippen molar-refractivity contribution < 1.29 is 24.5 Å². The molecule has 0 amide bonds. The highest BCUT2D eigenvalue weighted by Crippen LogP contribution is 2.40. The number of likely N-dealkylation sites (N-methyl/N-ethyl adjacent to an activating group) is 1. The molecule has 0 radical (unpaired) electrons. The third kappa shape index (κ3) is 5.68. The van der Waals surface area contributed by atoms with Gasteiger partial charge in [0.2, 0.25) is 0 Å². The third-order valence-electron chi connectivity index (χ3n) is 5.23. The molecule has 30 heavy (non-hydrogen) atoms. The summed E-state index contributed by atoms with van der Waals surface area (Å²) in [6, 6.07) is 17.4. The largest absolute Gasteiger partial charge is 0.478 e. The molecule has 2 aromatic carbocycles. The number of hydrogen-bond donors (Lipinski definition) is 2. The van der Waals surface area contributed by atoms with E-state index in [2.05, 4.69) is 65.4 Å². The number of aliphatic carboxylic acids is 2. The summed E-state index contributed by atoms with van der Waals surface area (Å²) in [5.41, 5.74) is 2.63. The predicted molar refractivity (Wildman–Crippen MR) is 113 cm³/mol. The molecule has 2 heterocycles. The lowest BCUT2D eigenvalue weighted by atomic mass is 9.96. The van der Waals surface area contributed by atoms with Crippen LogP contribution < -0.4 is 4.74 Å². The van der Waals surface area contributed by atoms with Crippen LogP contribution in [0.3, 0.4) is 0 Å². The van der Waals surface area contributed by atoms with E-state index in [1.54, 1.807) is 0 Å². The molecule has 0 bridgehead atoms. The highest BCUT2D eigenvalue weighted by molar-refractivity contribution is 5.89. The number of ether oxygens (including phenoxy) is 1. The van der Waals surface area contributed by atoms with Gasteiger partial charge >= 0.3 is 11.9 Å². The molecule has 7 nitrogen and oxygen atoms in total. The summed E-state index contributed by atoms with van der Waals surface area (Å²) in [7, 11) is 2.21. The topological polar surface area (TPSA) is 90.3 Å². The molecule has 4 rings (SSSR count). The molecule has 0 spiro atoms. The number of nitrogens with zero attached hydrogens (tertiary/aromatic N) is 2. The lowest BCUT2D eigenvalue weighted by molar-refractivity contribution is -0.134. The minimum absolute atomic E-state index is 0.411. The van der Waals surface area contributed by atoms with Crippen LogP contribution in [0.5, 0.6) is 11.5 Å². The summed E-state index contributed by atoms with van der Waals surface area (Å²) < 4.78 is 6.21. The lowest BCUT2D eigenvalue weighted by Gasteiger charge is -2.38. The fourth-order valence-corrected chi connectivity index (χ4v) is 3.66. The lowest BCUT2D eigenvalue weighted by Crippen LogP contribution is -2.46. The molecule has 2 aliphatic heterocycles. The minimum Gasteiger partial charge on any atom is -0.478 e. The molecule has 0 aliphatic carbocycles. The van der Waals surface area contributed by atoms with Crippen molar-refractivity contribution in [3.63, 3.8) is 0 Å². The maximum atomic E-state index is 9.55. The van der Waals surface area contributed by atoms with Gasteiger partial charge in [-0.15, -0.1) is 0 Å². The first kappa shape index (κ1) is 21.5. The number of piperazine rings is 1. The van der Waals surface area contributed by atoms with Crippen LogP contribution in [0.15, 0.2) is 60.7 Å². The summed E-state index contributed by atoms with van der Waals surface area (Å²) in [5, 5.41) is 15.6. The van der Waals surface area contributed by atoms with Gasteiger partial charge in [-0.25, -0.2) is 9.59 Å². The SMILES string of the molecule is CN1CCN(C2Cc3ccccc3Oc3ccccc32)CC1.O=C(O)/C=C/C(=O)O. The van der Waals surface area contributed by atoms with Crippen LogP contribution in [-0.2, 0) is 16.0 Å². The molecule has 2 aliphatic rings. The van der Waals surface area contributed by atoms with Crippen LogP contribution >= 0.6 is 0 Å². The monoisotopic (exact) mass is 410 g/mol. The molecular formula is C23H26N2O5. The Morgan fingerprint density at radius 2 is 1.47 bits per heavy atom. The first-order valence-electron chi connectivity index (χ1n) is 9.85. The molecule has 0 saturated carbocycles. The van der Waals surface area contributed by atoms with Crippen molar-refractivity contribution in [3.8, 4) is 11.5 Å². The van der Waals surface area contributed by atoms with Gasteiger partial charge in [-0.1, -0.05) is 36.4 Å². The van der Waals surface area contributed by atoms with Gasteiger partial charge in [0, 0.05) is 49.9 Å². The number of rotatable bonds is 3. The number of carbonyl (C=O) groups is 2. The average molecular weight is 410 g/mol. The zero-order valence-electron chi connectivity index (χ0n) is 16.9. The zero-order chi connectivity index (χ0) is 21.5. The van der Waals surface area contributed by atoms with Crippen LogP contribution in [-0.4, -0.2) is 65.2 Å². The summed E-state index contributed by atoms with van der Waals surface area (Å²) >= 11 is 0. The van der Waals surface area contributed by atoms with E-state index < -0.39 is 11.9 Å². The Bertz CT molecular complexity index is 903. The van der Waals surface area contributed by atoms with E-state index in [1.807, 2.05) is 0 Å². The van der Waals surface area contributed by atoms with Gasteiger partial charge in [0.25, 0.3) is 0 Å². The van der Waals surface area contributed by atoms with Crippen molar-refractivity contribution >= 4 is 11.9 Å². The van der Waals surface area contributed by atoms with Gasteiger partial charge in [0.15, 0.2) is 0 Å². The number of para-hydroxylation sites is 2. The normalized spacial score (nSPS) is 18.9. The van der Waals surface area contributed by atoms with Crippen LogP contribution in [0.25, 0.3) is 0 Å². The Hall–Kier alpha value is -3.16. The van der Waals surface area contributed by atoms with E-state index in [4.69, 9.17) is 14.9 Å². The van der Waals surface area contributed by atoms with Crippen molar-refractivity contribution in [2.24, 2.45) is 0 Å². The van der Waals surface area contributed by atoms with E-state index in [1.165, 1.54) is 11.1 Å².